The average Bonchev–Trinajstić information content (AvgIpc) is 3.68. The summed E-state index contributed by atoms with van der Waals surface area (Å²) >= 11 is 0. The van der Waals surface area contributed by atoms with Gasteiger partial charge in [0.2, 0.25) is 20.0 Å². The number of nitrogens with zero attached hydrogens (tertiary/aromatic N) is 2. The third-order valence-electron chi connectivity index (χ3n) is 9.38. The maximum Gasteiger partial charge on any atom is 0.211 e. The molecule has 2 aliphatic rings. The van der Waals surface area contributed by atoms with E-state index in [0.717, 1.165) is 54.8 Å². The Morgan fingerprint density at radius 3 is 1.89 bits per heavy atom. The van der Waals surface area contributed by atoms with E-state index in [1.165, 1.54) is 54.4 Å². The van der Waals surface area contributed by atoms with Gasteiger partial charge in [-0.05, 0) is 126 Å². The van der Waals surface area contributed by atoms with Crippen molar-refractivity contribution in [2.24, 2.45) is 0 Å². The minimum absolute atomic E-state index is 0.113. The molecule has 0 radical (unpaired) electrons. The van der Waals surface area contributed by atoms with E-state index >= 15 is 0 Å². The van der Waals surface area contributed by atoms with Crippen LogP contribution >= 0.6 is 0 Å². The van der Waals surface area contributed by atoms with Gasteiger partial charge in [-0.3, -0.25) is 0 Å². The van der Waals surface area contributed by atoms with E-state index in [1.54, 1.807) is 0 Å². The summed E-state index contributed by atoms with van der Waals surface area (Å²) in [5.41, 5.74) is 8.35. The SMILES string of the molecule is CNS(=O)(=O)CCc1ccc2[nH]cc(C3=CCN(C)CC3)c2c1.CNS(=O)(=O)CCc1ccc2[nH]cc(C3CCN(C)CC3)c2c1. The molecule has 0 spiro atoms. The number of rotatable bonds is 10. The van der Waals surface area contributed by atoms with Gasteiger partial charge in [0, 0.05) is 52.9 Å². The second kappa shape index (κ2) is 14.8. The number of H-pyrrole nitrogens is 2. The zero-order chi connectivity index (χ0) is 32.9. The van der Waals surface area contributed by atoms with E-state index in [2.05, 4.69) is 80.0 Å². The molecule has 2 aromatic heterocycles. The number of piperidine rings is 1. The van der Waals surface area contributed by atoms with Crippen molar-refractivity contribution >= 4 is 47.4 Å². The van der Waals surface area contributed by atoms with E-state index in [4.69, 9.17) is 0 Å². The van der Waals surface area contributed by atoms with Gasteiger partial charge in [-0.15, -0.1) is 0 Å². The Kier molecular flexibility index (Phi) is 11.1. The molecule has 0 aliphatic carbocycles. The number of nitrogens with one attached hydrogen (secondary N) is 4. The highest BCUT2D eigenvalue weighted by Gasteiger charge is 2.21. The molecule has 12 heteroatoms. The molecule has 1 saturated heterocycles. The highest BCUT2D eigenvalue weighted by Crippen LogP contribution is 2.33. The van der Waals surface area contributed by atoms with Crippen LogP contribution in [-0.2, 0) is 32.9 Å². The van der Waals surface area contributed by atoms with Gasteiger partial charge in [0.25, 0.3) is 0 Å². The highest BCUT2D eigenvalue weighted by molar-refractivity contribution is 7.89. The van der Waals surface area contributed by atoms with E-state index in [0.29, 0.717) is 18.8 Å². The smallest absolute Gasteiger partial charge is 0.211 e. The maximum atomic E-state index is 11.6. The molecular weight excluding hydrogens is 621 g/mol. The van der Waals surface area contributed by atoms with Crippen molar-refractivity contribution in [2.45, 2.75) is 38.0 Å². The van der Waals surface area contributed by atoms with Crippen molar-refractivity contribution in [3.8, 4) is 0 Å². The number of hydrogen-bond acceptors (Lipinski definition) is 6. The maximum absolute atomic E-state index is 11.6. The van der Waals surface area contributed by atoms with Crippen molar-refractivity contribution in [1.82, 2.24) is 29.2 Å². The molecule has 10 nitrogen and oxygen atoms in total. The van der Waals surface area contributed by atoms with Crippen LogP contribution in [0.2, 0.25) is 0 Å². The first-order valence-corrected chi connectivity index (χ1v) is 19.4. The number of hydrogen-bond donors (Lipinski definition) is 4. The first-order valence-electron chi connectivity index (χ1n) is 16.1. The van der Waals surface area contributed by atoms with Gasteiger partial charge in [0.15, 0.2) is 0 Å². The van der Waals surface area contributed by atoms with Crippen LogP contribution in [0.3, 0.4) is 0 Å². The summed E-state index contributed by atoms with van der Waals surface area (Å²) in [4.78, 5) is 11.4. The fourth-order valence-electron chi connectivity index (χ4n) is 6.32. The lowest BCUT2D eigenvalue weighted by Gasteiger charge is -2.28. The number of likely N-dealkylation sites (tertiary alicyclic amines) is 1. The number of likely N-dealkylation sites (N-methyl/N-ethyl adjacent to an activating group) is 1. The quantitative estimate of drug-likeness (QED) is 0.202. The number of fused-ring (bicyclic) bond motifs is 2. The highest BCUT2D eigenvalue weighted by atomic mass is 32.2. The fraction of sp³-hybridized carbons (Fsp3) is 0.471. The molecule has 4 heterocycles. The number of sulfonamides is 2. The molecule has 4 aromatic rings. The Hall–Kier alpha value is -3.00. The Morgan fingerprint density at radius 1 is 0.761 bits per heavy atom. The zero-order valence-electron chi connectivity index (χ0n) is 27.4. The molecule has 0 unspecified atom stereocenters. The number of aromatic amines is 2. The summed E-state index contributed by atoms with van der Waals surface area (Å²) in [6.07, 6.45) is 10.9. The molecule has 0 amide bonds. The molecule has 0 atom stereocenters. The van der Waals surface area contributed by atoms with Crippen LogP contribution in [0.4, 0.5) is 0 Å². The van der Waals surface area contributed by atoms with Crippen molar-refractivity contribution in [3.63, 3.8) is 0 Å². The van der Waals surface area contributed by atoms with Crippen molar-refractivity contribution in [2.75, 3.05) is 65.9 Å². The van der Waals surface area contributed by atoms with Gasteiger partial charge >= 0.3 is 0 Å². The van der Waals surface area contributed by atoms with Gasteiger partial charge in [0.05, 0.1) is 11.5 Å². The van der Waals surface area contributed by atoms with Crippen LogP contribution in [0.1, 0.15) is 47.4 Å². The topological polar surface area (TPSA) is 130 Å². The van der Waals surface area contributed by atoms with Crippen molar-refractivity contribution in [3.05, 3.63) is 77.1 Å². The summed E-state index contributed by atoms with van der Waals surface area (Å²) in [6, 6.07) is 12.4. The van der Waals surface area contributed by atoms with E-state index in [9.17, 15) is 16.8 Å². The minimum Gasteiger partial charge on any atom is -0.361 e. The van der Waals surface area contributed by atoms with Crippen LogP contribution in [0.15, 0.2) is 54.9 Å². The second-order valence-corrected chi connectivity index (χ2v) is 16.7. The number of aryl methyl sites for hydroxylation is 2. The predicted molar refractivity (Wildman–Crippen MR) is 189 cm³/mol. The van der Waals surface area contributed by atoms with E-state index < -0.39 is 20.0 Å². The van der Waals surface area contributed by atoms with Crippen LogP contribution in [0, 0.1) is 0 Å². The molecule has 1 fully saturated rings. The van der Waals surface area contributed by atoms with Crippen LogP contribution < -0.4 is 9.44 Å². The standard InChI is InChI=1S/C17H25N3O2S.C17H23N3O2S/c2*1-18-23(21,22)10-7-13-3-4-17-15(11-13)16(12-19-17)14-5-8-20(2)9-6-14/h3-4,11-12,14,18-19H,5-10H2,1-2H3;3-5,11-12,18-19H,6-10H2,1-2H3. The lowest BCUT2D eigenvalue weighted by molar-refractivity contribution is 0.256. The molecule has 46 heavy (non-hydrogen) atoms. The monoisotopic (exact) mass is 668 g/mol. The second-order valence-electron chi connectivity index (χ2n) is 12.6. The summed E-state index contributed by atoms with van der Waals surface area (Å²) in [5.74, 6) is 0.835. The Balaban J connectivity index is 0.000000181. The molecule has 0 saturated carbocycles. The Morgan fingerprint density at radius 2 is 1.33 bits per heavy atom. The van der Waals surface area contributed by atoms with Crippen LogP contribution in [0.5, 0.6) is 0 Å². The van der Waals surface area contributed by atoms with Gasteiger partial charge in [-0.25, -0.2) is 26.3 Å². The van der Waals surface area contributed by atoms with Gasteiger partial charge in [0.1, 0.15) is 0 Å². The third kappa shape index (κ3) is 8.67. The first kappa shape index (κ1) is 34.3. The molecule has 0 bridgehead atoms. The van der Waals surface area contributed by atoms with Crippen LogP contribution in [-0.4, -0.2) is 102 Å². The van der Waals surface area contributed by atoms with E-state index in [-0.39, 0.29) is 11.5 Å². The molecule has 250 valence electrons. The minimum atomic E-state index is -3.17. The molecular formula is C34H48N6O4S2. The lowest BCUT2D eigenvalue weighted by atomic mass is 9.89. The Bertz CT molecular complexity index is 1890. The third-order valence-corrected chi connectivity index (χ3v) is 12.1. The van der Waals surface area contributed by atoms with Gasteiger partial charge < -0.3 is 19.8 Å². The number of benzene rings is 2. The summed E-state index contributed by atoms with van der Waals surface area (Å²) < 4.78 is 51.2. The summed E-state index contributed by atoms with van der Waals surface area (Å²) in [5, 5.41) is 2.43. The summed E-state index contributed by atoms with van der Waals surface area (Å²) in [6.45, 7) is 4.32. The molecule has 4 N–H and O–H groups in total. The fourth-order valence-corrected chi connectivity index (χ4v) is 7.73. The van der Waals surface area contributed by atoms with Crippen molar-refractivity contribution in [1.29, 1.82) is 0 Å². The summed E-state index contributed by atoms with van der Waals surface area (Å²) in [7, 11) is 0.888. The molecule has 2 aromatic carbocycles. The first-order chi connectivity index (χ1) is 22.0. The van der Waals surface area contributed by atoms with Crippen LogP contribution in [0.25, 0.3) is 27.4 Å². The predicted octanol–water partition coefficient (Wildman–Crippen LogP) is 4.05. The average molecular weight is 669 g/mol. The number of aromatic nitrogens is 2. The Labute approximate surface area is 273 Å². The van der Waals surface area contributed by atoms with Gasteiger partial charge in [-0.1, -0.05) is 18.2 Å². The zero-order valence-corrected chi connectivity index (χ0v) is 29.0. The van der Waals surface area contributed by atoms with Crippen molar-refractivity contribution < 1.29 is 16.8 Å². The van der Waals surface area contributed by atoms with E-state index in [1.807, 2.05) is 18.2 Å². The molecule has 2 aliphatic heterocycles. The largest absolute Gasteiger partial charge is 0.361 e. The van der Waals surface area contributed by atoms with Gasteiger partial charge in [-0.2, -0.15) is 0 Å². The molecule has 6 rings (SSSR count). The normalized spacial score (nSPS) is 17.3. The lowest BCUT2D eigenvalue weighted by Crippen LogP contribution is -2.29.